The maximum Gasteiger partial charge on any atom is 0.268 e. The Hall–Kier alpha value is -3.23. The average Bonchev–Trinajstić information content (AvgIpc) is 3.24. The topological polar surface area (TPSA) is 120 Å². The monoisotopic (exact) mass is 374 g/mol. The lowest BCUT2D eigenvalue weighted by Crippen LogP contribution is -2.44. The van der Waals surface area contributed by atoms with Crippen LogP contribution in [0.15, 0.2) is 24.3 Å². The summed E-state index contributed by atoms with van der Waals surface area (Å²) in [5.41, 5.74) is 0.665. The number of H-pyrrole nitrogens is 1. The van der Waals surface area contributed by atoms with E-state index in [4.69, 9.17) is 0 Å². The van der Waals surface area contributed by atoms with Gasteiger partial charge in [-0.25, -0.2) is 4.39 Å². The van der Waals surface area contributed by atoms with E-state index in [1.807, 2.05) is 0 Å². The molecule has 0 bridgehead atoms. The first-order chi connectivity index (χ1) is 13.0. The van der Waals surface area contributed by atoms with Crippen LogP contribution in [0.3, 0.4) is 0 Å². The van der Waals surface area contributed by atoms with Crippen LogP contribution < -0.4 is 16.0 Å². The summed E-state index contributed by atoms with van der Waals surface area (Å²) < 4.78 is 13.2. The highest BCUT2D eigenvalue weighted by Crippen LogP contribution is 2.17. The van der Waals surface area contributed by atoms with Gasteiger partial charge in [-0.05, 0) is 37.1 Å². The van der Waals surface area contributed by atoms with Crippen molar-refractivity contribution in [2.75, 3.05) is 13.1 Å². The highest BCUT2D eigenvalue weighted by Gasteiger charge is 2.27. The molecule has 0 aliphatic carbocycles. The van der Waals surface area contributed by atoms with E-state index in [9.17, 15) is 23.6 Å². The molecule has 2 aromatic rings. The lowest BCUT2D eigenvalue weighted by Gasteiger charge is -2.15. The predicted octanol–water partition coefficient (Wildman–Crippen LogP) is 0.247. The number of halogens is 1. The third kappa shape index (κ3) is 4.49. The van der Waals surface area contributed by atoms with Gasteiger partial charge in [-0.1, -0.05) is 0 Å². The Morgan fingerprint density at radius 2 is 2.15 bits per heavy atom. The van der Waals surface area contributed by atoms with Crippen molar-refractivity contribution in [2.24, 2.45) is 5.92 Å². The molecule has 1 aliphatic rings. The average molecular weight is 374 g/mol. The minimum Gasteiger partial charge on any atom is -0.356 e. The van der Waals surface area contributed by atoms with Crippen LogP contribution in [0, 0.1) is 11.7 Å². The summed E-state index contributed by atoms with van der Waals surface area (Å²) in [7, 11) is 0. The van der Waals surface area contributed by atoms with Crippen LogP contribution in [0.1, 0.15) is 23.3 Å². The maximum atomic E-state index is 13.2. The van der Waals surface area contributed by atoms with Crippen LogP contribution >= 0.6 is 0 Å². The van der Waals surface area contributed by atoms with Gasteiger partial charge >= 0.3 is 0 Å². The van der Waals surface area contributed by atoms with E-state index in [0.717, 1.165) is 0 Å². The van der Waals surface area contributed by atoms with Crippen molar-refractivity contribution in [3.8, 4) is 0 Å². The molecular formula is C18H19FN4O4. The Morgan fingerprint density at radius 1 is 1.33 bits per heavy atom. The number of rotatable bonds is 7. The molecule has 0 spiro atoms. The van der Waals surface area contributed by atoms with E-state index < -0.39 is 23.7 Å². The Balaban J connectivity index is 1.51. The molecule has 8 nitrogen and oxygen atoms in total. The van der Waals surface area contributed by atoms with Gasteiger partial charge in [0.1, 0.15) is 17.8 Å². The van der Waals surface area contributed by atoms with Gasteiger partial charge in [0.05, 0.1) is 12.6 Å². The number of aldehydes is 1. The molecule has 9 heteroatoms. The number of aromatic nitrogens is 1. The molecule has 1 fully saturated rings. The molecule has 3 amide bonds. The Morgan fingerprint density at radius 3 is 2.85 bits per heavy atom. The molecule has 1 aromatic heterocycles. The first kappa shape index (κ1) is 18.6. The highest BCUT2D eigenvalue weighted by molar-refractivity contribution is 5.99. The molecule has 0 radical (unpaired) electrons. The zero-order valence-electron chi connectivity index (χ0n) is 14.4. The molecule has 2 heterocycles. The van der Waals surface area contributed by atoms with Gasteiger partial charge in [-0.3, -0.25) is 14.4 Å². The minimum atomic E-state index is -0.792. The van der Waals surface area contributed by atoms with Crippen molar-refractivity contribution in [3.63, 3.8) is 0 Å². The van der Waals surface area contributed by atoms with Crippen LogP contribution in [-0.4, -0.2) is 48.1 Å². The standard InChI is InChI=1S/C18H19FN4O4/c19-12-2-1-10-6-15(23-14(10)7-12)18(27)21-8-16(25)22-13(9-24)5-11-3-4-20-17(11)26/h1-2,6-7,9,11,13,23H,3-5,8H2,(H,20,26)(H,21,27)(H,22,25). The third-order valence-electron chi connectivity index (χ3n) is 4.45. The van der Waals surface area contributed by atoms with Gasteiger partial charge in [0, 0.05) is 23.4 Å². The smallest absolute Gasteiger partial charge is 0.268 e. The first-order valence-corrected chi connectivity index (χ1v) is 8.55. The van der Waals surface area contributed by atoms with Crippen molar-refractivity contribution in [1.82, 2.24) is 20.9 Å². The lowest BCUT2D eigenvalue weighted by molar-refractivity contribution is -0.125. The normalized spacial score (nSPS) is 17.4. The fourth-order valence-electron chi connectivity index (χ4n) is 3.06. The molecule has 2 unspecified atom stereocenters. The Labute approximate surface area is 153 Å². The number of carbonyl (C=O) groups is 4. The quantitative estimate of drug-likeness (QED) is 0.519. The minimum absolute atomic E-state index is 0.125. The maximum absolute atomic E-state index is 13.2. The molecule has 1 aromatic carbocycles. The van der Waals surface area contributed by atoms with Gasteiger partial charge < -0.3 is 25.7 Å². The summed E-state index contributed by atoms with van der Waals surface area (Å²) in [4.78, 5) is 49.6. The van der Waals surface area contributed by atoms with E-state index in [-0.39, 0.29) is 30.5 Å². The zero-order chi connectivity index (χ0) is 19.4. The van der Waals surface area contributed by atoms with Crippen LogP contribution in [0.5, 0.6) is 0 Å². The number of amides is 3. The van der Waals surface area contributed by atoms with Crippen LogP contribution in [0.4, 0.5) is 4.39 Å². The van der Waals surface area contributed by atoms with Crippen molar-refractivity contribution < 1.29 is 23.6 Å². The summed E-state index contributed by atoms with van der Waals surface area (Å²) in [6, 6.07) is 4.86. The second-order valence-corrected chi connectivity index (χ2v) is 6.42. The van der Waals surface area contributed by atoms with E-state index in [2.05, 4.69) is 20.9 Å². The van der Waals surface area contributed by atoms with Gasteiger partial charge in [-0.15, -0.1) is 0 Å². The number of hydrogen-bond donors (Lipinski definition) is 4. The van der Waals surface area contributed by atoms with Gasteiger partial charge in [0.2, 0.25) is 11.8 Å². The summed E-state index contributed by atoms with van der Waals surface area (Å²) in [5, 5.41) is 8.27. The molecule has 142 valence electrons. The molecule has 27 heavy (non-hydrogen) atoms. The Bertz CT molecular complexity index is 895. The van der Waals surface area contributed by atoms with E-state index >= 15 is 0 Å². The Kier molecular flexibility index (Phi) is 5.49. The van der Waals surface area contributed by atoms with Gasteiger partial charge in [-0.2, -0.15) is 0 Å². The SMILES string of the molecule is O=CC(CC1CCNC1=O)NC(=O)CNC(=O)c1cc2ccc(F)cc2[nH]1. The summed E-state index contributed by atoms with van der Waals surface area (Å²) in [5.74, 6) is -1.92. The van der Waals surface area contributed by atoms with E-state index in [0.29, 0.717) is 30.2 Å². The lowest BCUT2D eigenvalue weighted by atomic mass is 9.99. The molecule has 2 atom stereocenters. The predicted molar refractivity (Wildman–Crippen MR) is 94.3 cm³/mol. The van der Waals surface area contributed by atoms with Crippen LogP contribution in [0.25, 0.3) is 10.9 Å². The molecule has 4 N–H and O–H groups in total. The molecular weight excluding hydrogens is 355 g/mol. The van der Waals surface area contributed by atoms with Crippen molar-refractivity contribution in [3.05, 3.63) is 35.8 Å². The largest absolute Gasteiger partial charge is 0.356 e. The van der Waals surface area contributed by atoms with Crippen LogP contribution in [-0.2, 0) is 14.4 Å². The highest BCUT2D eigenvalue weighted by atomic mass is 19.1. The number of carbonyl (C=O) groups excluding carboxylic acids is 4. The molecule has 1 saturated heterocycles. The van der Waals surface area contributed by atoms with Gasteiger partial charge in [0.25, 0.3) is 5.91 Å². The zero-order valence-corrected chi connectivity index (χ0v) is 14.4. The number of fused-ring (bicyclic) bond motifs is 1. The summed E-state index contributed by atoms with van der Waals surface area (Å²) in [6.07, 6.45) is 1.43. The number of hydrogen-bond acceptors (Lipinski definition) is 4. The first-order valence-electron chi connectivity index (χ1n) is 8.55. The molecule has 3 rings (SSSR count). The van der Waals surface area contributed by atoms with Crippen molar-refractivity contribution in [2.45, 2.75) is 18.9 Å². The van der Waals surface area contributed by atoms with Crippen molar-refractivity contribution >= 4 is 34.9 Å². The molecule has 1 aliphatic heterocycles. The summed E-state index contributed by atoms with van der Waals surface area (Å²) >= 11 is 0. The van der Waals surface area contributed by atoms with Crippen LogP contribution in [0.2, 0.25) is 0 Å². The number of nitrogens with one attached hydrogen (secondary N) is 4. The second kappa shape index (κ2) is 7.98. The summed E-state index contributed by atoms with van der Waals surface area (Å²) in [6.45, 7) is 0.233. The molecule has 0 saturated carbocycles. The van der Waals surface area contributed by atoms with E-state index in [1.54, 1.807) is 12.1 Å². The second-order valence-electron chi connectivity index (χ2n) is 6.42. The fourth-order valence-corrected chi connectivity index (χ4v) is 3.06. The van der Waals surface area contributed by atoms with Crippen molar-refractivity contribution in [1.29, 1.82) is 0 Å². The number of benzene rings is 1. The van der Waals surface area contributed by atoms with Gasteiger partial charge in [0.15, 0.2) is 0 Å². The fraction of sp³-hybridized carbons (Fsp3) is 0.333. The third-order valence-corrected chi connectivity index (χ3v) is 4.45. The van der Waals surface area contributed by atoms with E-state index in [1.165, 1.54) is 12.1 Å². The number of aromatic amines is 1.